The molecule has 3 N–H and O–H groups in total. The van der Waals surface area contributed by atoms with Crippen molar-refractivity contribution in [2.24, 2.45) is 11.1 Å². The standard InChI is InChI=1S/C13H19NO4.ClH/c1-13(2,6-15)12(14)8-4-9(16-3)11-10(5-8)17-7-18-11;/h4-5,12,15H,6-7,14H2,1-3H3;1H/t12-;/m0./s1. The summed E-state index contributed by atoms with van der Waals surface area (Å²) in [4.78, 5) is 0. The number of rotatable bonds is 4. The second-order valence-electron chi connectivity index (χ2n) is 5.08. The maximum atomic E-state index is 9.38. The van der Waals surface area contributed by atoms with E-state index in [2.05, 4.69) is 0 Å². The van der Waals surface area contributed by atoms with Gasteiger partial charge in [0.1, 0.15) is 0 Å². The summed E-state index contributed by atoms with van der Waals surface area (Å²) in [5.41, 5.74) is 6.63. The number of ether oxygens (including phenoxy) is 3. The Bertz CT molecular complexity index is 451. The first kappa shape index (κ1) is 15.9. The van der Waals surface area contributed by atoms with Gasteiger partial charge in [-0.1, -0.05) is 13.8 Å². The third-order valence-electron chi connectivity index (χ3n) is 3.29. The van der Waals surface area contributed by atoms with E-state index in [1.807, 2.05) is 26.0 Å². The number of hydrogen-bond acceptors (Lipinski definition) is 5. The predicted molar refractivity (Wildman–Crippen MR) is 74.2 cm³/mol. The van der Waals surface area contributed by atoms with Crippen LogP contribution in [-0.4, -0.2) is 25.6 Å². The predicted octanol–water partition coefficient (Wildman–Crippen LogP) is 1.86. The van der Waals surface area contributed by atoms with E-state index in [1.165, 1.54) is 0 Å². The van der Waals surface area contributed by atoms with Gasteiger partial charge in [0.05, 0.1) is 7.11 Å². The highest BCUT2D eigenvalue weighted by atomic mass is 35.5. The number of aliphatic hydroxyl groups is 1. The number of halogens is 1. The zero-order valence-electron chi connectivity index (χ0n) is 11.3. The van der Waals surface area contributed by atoms with Crippen molar-refractivity contribution >= 4 is 12.4 Å². The van der Waals surface area contributed by atoms with Crippen LogP contribution in [0.25, 0.3) is 0 Å². The minimum atomic E-state index is -0.418. The van der Waals surface area contributed by atoms with Gasteiger partial charge >= 0.3 is 0 Å². The van der Waals surface area contributed by atoms with Gasteiger partial charge in [0.25, 0.3) is 0 Å². The highest BCUT2D eigenvalue weighted by Crippen LogP contribution is 2.44. The second kappa shape index (κ2) is 5.86. The minimum Gasteiger partial charge on any atom is -0.493 e. The van der Waals surface area contributed by atoms with Gasteiger partial charge in [0.15, 0.2) is 11.5 Å². The molecule has 1 aromatic carbocycles. The van der Waals surface area contributed by atoms with Gasteiger partial charge in [-0.15, -0.1) is 12.4 Å². The average molecular weight is 290 g/mol. The normalized spacial score (nSPS) is 14.8. The molecule has 1 aromatic rings. The molecular formula is C13H20ClNO4. The highest BCUT2D eigenvalue weighted by Gasteiger charge is 2.30. The van der Waals surface area contributed by atoms with Gasteiger partial charge in [-0.25, -0.2) is 0 Å². The fourth-order valence-corrected chi connectivity index (χ4v) is 1.88. The van der Waals surface area contributed by atoms with Crippen LogP contribution in [0.15, 0.2) is 12.1 Å². The molecule has 19 heavy (non-hydrogen) atoms. The van der Waals surface area contributed by atoms with Crippen molar-refractivity contribution in [3.05, 3.63) is 17.7 Å². The molecule has 0 amide bonds. The highest BCUT2D eigenvalue weighted by molar-refractivity contribution is 5.85. The average Bonchev–Trinajstić information content (AvgIpc) is 2.84. The molecule has 5 nitrogen and oxygen atoms in total. The van der Waals surface area contributed by atoms with E-state index >= 15 is 0 Å². The third-order valence-corrected chi connectivity index (χ3v) is 3.29. The molecule has 0 aliphatic carbocycles. The van der Waals surface area contributed by atoms with Gasteiger partial charge in [-0.05, 0) is 17.7 Å². The Kier molecular flexibility index (Phi) is 4.90. The van der Waals surface area contributed by atoms with Crippen LogP contribution in [0.3, 0.4) is 0 Å². The van der Waals surface area contributed by atoms with Crippen LogP contribution in [0.1, 0.15) is 25.5 Å². The third kappa shape index (κ3) is 2.88. The van der Waals surface area contributed by atoms with E-state index in [0.717, 1.165) is 5.56 Å². The maximum absolute atomic E-state index is 9.38. The summed E-state index contributed by atoms with van der Waals surface area (Å²) in [6.45, 7) is 4.02. The van der Waals surface area contributed by atoms with E-state index in [-0.39, 0.29) is 31.8 Å². The lowest BCUT2D eigenvalue weighted by molar-refractivity contribution is 0.132. The number of hydrogen-bond donors (Lipinski definition) is 2. The lowest BCUT2D eigenvalue weighted by atomic mass is 9.81. The van der Waals surface area contributed by atoms with Crippen LogP contribution in [0.2, 0.25) is 0 Å². The second-order valence-corrected chi connectivity index (χ2v) is 5.08. The van der Waals surface area contributed by atoms with E-state index in [1.54, 1.807) is 7.11 Å². The van der Waals surface area contributed by atoms with Crippen LogP contribution in [-0.2, 0) is 0 Å². The molecule has 1 heterocycles. The molecule has 2 rings (SSSR count). The molecule has 6 heteroatoms. The molecule has 1 aliphatic heterocycles. The fourth-order valence-electron chi connectivity index (χ4n) is 1.88. The first-order chi connectivity index (χ1) is 8.49. The molecule has 0 spiro atoms. The van der Waals surface area contributed by atoms with E-state index in [0.29, 0.717) is 17.2 Å². The number of aliphatic hydroxyl groups excluding tert-OH is 1. The van der Waals surface area contributed by atoms with E-state index < -0.39 is 5.41 Å². The maximum Gasteiger partial charge on any atom is 0.231 e. The van der Waals surface area contributed by atoms with Crippen molar-refractivity contribution in [3.8, 4) is 17.2 Å². The molecule has 0 saturated heterocycles. The Hall–Kier alpha value is -1.17. The fraction of sp³-hybridized carbons (Fsp3) is 0.538. The monoisotopic (exact) mass is 289 g/mol. The van der Waals surface area contributed by atoms with Gasteiger partial charge in [-0.2, -0.15) is 0 Å². The molecule has 0 fully saturated rings. The molecule has 0 radical (unpaired) electrons. The van der Waals surface area contributed by atoms with Gasteiger partial charge in [0.2, 0.25) is 12.5 Å². The van der Waals surface area contributed by atoms with E-state index in [4.69, 9.17) is 19.9 Å². The summed E-state index contributed by atoms with van der Waals surface area (Å²) in [7, 11) is 1.57. The Labute approximate surface area is 119 Å². The Balaban J connectivity index is 0.00000180. The Morgan fingerprint density at radius 3 is 2.68 bits per heavy atom. The number of benzene rings is 1. The summed E-state index contributed by atoms with van der Waals surface area (Å²) in [5, 5.41) is 9.38. The number of fused-ring (bicyclic) bond motifs is 1. The molecule has 0 bridgehead atoms. The van der Waals surface area contributed by atoms with Gasteiger partial charge in [0, 0.05) is 18.1 Å². The lowest BCUT2D eigenvalue weighted by Gasteiger charge is -2.30. The SMILES string of the molecule is COc1cc([C@H](N)C(C)(C)CO)cc2c1OCO2.Cl. The molecule has 1 aliphatic rings. The molecular weight excluding hydrogens is 270 g/mol. The van der Waals surface area contributed by atoms with Crippen molar-refractivity contribution in [1.82, 2.24) is 0 Å². The summed E-state index contributed by atoms with van der Waals surface area (Å²) in [6.07, 6.45) is 0. The molecule has 108 valence electrons. The topological polar surface area (TPSA) is 73.9 Å². The van der Waals surface area contributed by atoms with Gasteiger partial charge < -0.3 is 25.1 Å². The summed E-state index contributed by atoms with van der Waals surface area (Å²) in [6, 6.07) is 3.36. The minimum absolute atomic E-state index is 0. The van der Waals surface area contributed by atoms with Crippen molar-refractivity contribution < 1.29 is 19.3 Å². The summed E-state index contributed by atoms with van der Waals surface area (Å²) < 4.78 is 16.0. The zero-order chi connectivity index (χ0) is 13.3. The smallest absolute Gasteiger partial charge is 0.231 e. The first-order valence-electron chi connectivity index (χ1n) is 5.83. The molecule has 1 atom stereocenters. The van der Waals surface area contributed by atoms with Crippen LogP contribution in [0, 0.1) is 5.41 Å². The van der Waals surface area contributed by atoms with Crippen molar-refractivity contribution in [2.75, 3.05) is 20.5 Å². The van der Waals surface area contributed by atoms with Crippen molar-refractivity contribution in [2.45, 2.75) is 19.9 Å². The van der Waals surface area contributed by atoms with Crippen molar-refractivity contribution in [1.29, 1.82) is 0 Å². The molecule has 0 unspecified atom stereocenters. The van der Waals surface area contributed by atoms with Crippen LogP contribution < -0.4 is 19.9 Å². The van der Waals surface area contributed by atoms with Crippen LogP contribution >= 0.6 is 12.4 Å². The number of methoxy groups -OCH3 is 1. The Morgan fingerprint density at radius 1 is 1.42 bits per heavy atom. The number of nitrogens with two attached hydrogens (primary N) is 1. The lowest BCUT2D eigenvalue weighted by Crippen LogP contribution is -2.32. The summed E-state index contributed by atoms with van der Waals surface area (Å²) >= 11 is 0. The van der Waals surface area contributed by atoms with Crippen LogP contribution in [0.4, 0.5) is 0 Å². The quantitative estimate of drug-likeness (QED) is 0.885. The largest absolute Gasteiger partial charge is 0.493 e. The van der Waals surface area contributed by atoms with Crippen molar-refractivity contribution in [3.63, 3.8) is 0 Å². The first-order valence-corrected chi connectivity index (χ1v) is 5.83. The van der Waals surface area contributed by atoms with Gasteiger partial charge in [-0.3, -0.25) is 0 Å². The molecule has 0 aromatic heterocycles. The van der Waals surface area contributed by atoms with E-state index in [9.17, 15) is 5.11 Å². The molecule has 0 saturated carbocycles. The van der Waals surface area contributed by atoms with Crippen LogP contribution in [0.5, 0.6) is 17.2 Å². The zero-order valence-corrected chi connectivity index (χ0v) is 12.1. The summed E-state index contributed by atoms with van der Waals surface area (Å²) in [5.74, 6) is 1.84. The Morgan fingerprint density at radius 2 is 2.11 bits per heavy atom.